The van der Waals surface area contributed by atoms with E-state index in [9.17, 15) is 4.79 Å². The molecule has 2 fully saturated rings. The van der Waals surface area contributed by atoms with Crippen molar-refractivity contribution < 1.29 is 14.3 Å². The topological polar surface area (TPSA) is 76.8 Å². The lowest BCUT2D eigenvalue weighted by atomic mass is 9.61. The van der Waals surface area contributed by atoms with Crippen LogP contribution in [-0.2, 0) is 26.2 Å². The quantitative estimate of drug-likeness (QED) is 0.606. The van der Waals surface area contributed by atoms with Gasteiger partial charge in [0.15, 0.2) is 10.7 Å². The van der Waals surface area contributed by atoms with Gasteiger partial charge in [-0.15, -0.1) is 0 Å². The van der Waals surface area contributed by atoms with Gasteiger partial charge in [-0.3, -0.25) is 9.69 Å². The van der Waals surface area contributed by atoms with Crippen molar-refractivity contribution in [1.29, 1.82) is 0 Å². The van der Waals surface area contributed by atoms with Crippen LogP contribution in [0.5, 0.6) is 0 Å². The maximum Gasteiger partial charge on any atom is 0.259 e. The number of fused-ring (bicyclic) bond motifs is 3. The Labute approximate surface area is 165 Å². The Hall–Kier alpha value is -1.70. The van der Waals surface area contributed by atoms with Gasteiger partial charge in [0.1, 0.15) is 0 Å². The van der Waals surface area contributed by atoms with E-state index in [-0.39, 0.29) is 17.4 Å². The molecule has 1 saturated carbocycles. The zero-order valence-electron chi connectivity index (χ0n) is 15.9. The van der Waals surface area contributed by atoms with E-state index < -0.39 is 5.54 Å². The predicted octanol–water partition coefficient (Wildman–Crippen LogP) is 1.96. The van der Waals surface area contributed by atoms with E-state index in [0.29, 0.717) is 24.0 Å². The molecule has 1 aliphatic heterocycles. The van der Waals surface area contributed by atoms with E-state index in [1.54, 1.807) is 19.1 Å². The van der Waals surface area contributed by atoms with Crippen molar-refractivity contribution in [2.75, 3.05) is 33.1 Å². The molecule has 27 heavy (non-hydrogen) atoms. The SMILES string of the molecule is COCCN1C(=O)C2(NC1=S)c1cc(N)ccc1CC21CCC(OC)CC1. The molecule has 1 aromatic carbocycles. The van der Waals surface area contributed by atoms with Gasteiger partial charge in [0.25, 0.3) is 5.91 Å². The number of thiocarbonyl (C=S) groups is 1. The molecule has 2 aliphatic carbocycles. The molecule has 7 heteroatoms. The first kappa shape index (κ1) is 18.7. The number of nitrogens with one attached hydrogen (secondary N) is 1. The molecule has 1 heterocycles. The van der Waals surface area contributed by atoms with E-state index in [0.717, 1.165) is 37.7 Å². The minimum absolute atomic E-state index is 0.0322. The van der Waals surface area contributed by atoms with Crippen molar-refractivity contribution in [2.45, 2.75) is 43.7 Å². The van der Waals surface area contributed by atoms with Crippen LogP contribution in [0.3, 0.4) is 0 Å². The first-order chi connectivity index (χ1) is 13.0. The van der Waals surface area contributed by atoms with E-state index in [1.807, 2.05) is 12.1 Å². The van der Waals surface area contributed by atoms with Crippen LogP contribution in [0.1, 0.15) is 36.8 Å². The molecule has 0 radical (unpaired) electrons. The zero-order chi connectivity index (χ0) is 19.2. The van der Waals surface area contributed by atoms with Gasteiger partial charge in [-0.05, 0) is 67.6 Å². The average molecular weight is 390 g/mol. The number of rotatable bonds is 4. The minimum Gasteiger partial charge on any atom is -0.399 e. The number of nitrogens with two attached hydrogens (primary N) is 1. The number of carbonyl (C=O) groups excluding carboxylic acids is 1. The molecule has 2 spiro atoms. The fraction of sp³-hybridized carbons (Fsp3) is 0.600. The summed E-state index contributed by atoms with van der Waals surface area (Å²) in [4.78, 5) is 15.5. The van der Waals surface area contributed by atoms with Gasteiger partial charge in [0.05, 0.1) is 19.3 Å². The molecule has 0 aromatic heterocycles. The molecule has 1 unspecified atom stereocenters. The van der Waals surface area contributed by atoms with Gasteiger partial charge < -0.3 is 20.5 Å². The highest BCUT2D eigenvalue weighted by Crippen LogP contribution is 2.60. The van der Waals surface area contributed by atoms with Gasteiger partial charge in [-0.2, -0.15) is 0 Å². The Bertz CT molecular complexity index is 776. The lowest BCUT2D eigenvalue weighted by Crippen LogP contribution is -2.56. The number of hydrogen-bond acceptors (Lipinski definition) is 5. The van der Waals surface area contributed by atoms with Crippen LogP contribution in [0, 0.1) is 5.41 Å². The molecule has 4 rings (SSSR count). The number of hydrogen-bond donors (Lipinski definition) is 2. The smallest absolute Gasteiger partial charge is 0.259 e. The van der Waals surface area contributed by atoms with Gasteiger partial charge >= 0.3 is 0 Å². The van der Waals surface area contributed by atoms with Crippen molar-refractivity contribution >= 4 is 28.9 Å². The van der Waals surface area contributed by atoms with Crippen molar-refractivity contribution in [3.05, 3.63) is 29.3 Å². The zero-order valence-corrected chi connectivity index (χ0v) is 16.7. The number of anilines is 1. The van der Waals surface area contributed by atoms with Crippen LogP contribution in [0.15, 0.2) is 18.2 Å². The Morgan fingerprint density at radius 3 is 2.74 bits per heavy atom. The van der Waals surface area contributed by atoms with Crippen molar-refractivity contribution in [2.24, 2.45) is 5.41 Å². The second kappa shape index (κ2) is 6.72. The maximum absolute atomic E-state index is 13.8. The van der Waals surface area contributed by atoms with Gasteiger partial charge in [0.2, 0.25) is 0 Å². The molecular formula is C20H27N3O3S. The second-order valence-electron chi connectivity index (χ2n) is 7.94. The Kier molecular flexibility index (Phi) is 4.64. The number of nitrogen functional groups attached to an aromatic ring is 1. The second-order valence-corrected chi connectivity index (χ2v) is 8.33. The first-order valence-electron chi connectivity index (χ1n) is 9.52. The van der Waals surface area contributed by atoms with Crippen molar-refractivity contribution in [3.63, 3.8) is 0 Å². The number of nitrogens with zero attached hydrogens (tertiary/aromatic N) is 1. The minimum atomic E-state index is -0.832. The summed E-state index contributed by atoms with van der Waals surface area (Å²) >= 11 is 5.58. The molecule has 3 N–H and O–H groups in total. The molecule has 3 aliphatic rings. The van der Waals surface area contributed by atoms with E-state index in [4.69, 9.17) is 27.4 Å². The monoisotopic (exact) mass is 389 g/mol. The van der Waals surface area contributed by atoms with E-state index >= 15 is 0 Å². The number of benzene rings is 1. The van der Waals surface area contributed by atoms with Crippen LogP contribution < -0.4 is 11.1 Å². The third kappa shape index (κ3) is 2.59. The normalized spacial score (nSPS) is 32.4. The van der Waals surface area contributed by atoms with Crippen LogP contribution >= 0.6 is 12.2 Å². The molecule has 6 nitrogen and oxygen atoms in total. The molecule has 1 saturated heterocycles. The molecular weight excluding hydrogens is 362 g/mol. The summed E-state index contributed by atoms with van der Waals surface area (Å²) in [5.74, 6) is 0.0322. The summed E-state index contributed by atoms with van der Waals surface area (Å²) < 4.78 is 10.8. The number of amides is 1. The Morgan fingerprint density at radius 1 is 1.33 bits per heavy atom. The summed E-state index contributed by atoms with van der Waals surface area (Å²) in [6.45, 7) is 0.906. The number of carbonyl (C=O) groups is 1. The van der Waals surface area contributed by atoms with Crippen molar-refractivity contribution in [1.82, 2.24) is 10.2 Å². The lowest BCUT2D eigenvalue weighted by Gasteiger charge is -2.46. The number of methoxy groups -OCH3 is 2. The largest absolute Gasteiger partial charge is 0.399 e. The van der Waals surface area contributed by atoms with Gasteiger partial charge in [0, 0.05) is 25.3 Å². The van der Waals surface area contributed by atoms with E-state index in [2.05, 4.69) is 11.4 Å². The van der Waals surface area contributed by atoms with E-state index in [1.165, 1.54) is 5.56 Å². The molecule has 1 aromatic rings. The maximum atomic E-state index is 13.8. The fourth-order valence-electron chi connectivity index (χ4n) is 5.32. The molecule has 1 amide bonds. The summed E-state index contributed by atoms with van der Waals surface area (Å²) in [6.07, 6.45) is 4.84. The Balaban J connectivity index is 1.80. The molecule has 0 bridgehead atoms. The third-order valence-electron chi connectivity index (χ3n) is 6.71. The highest BCUT2D eigenvalue weighted by atomic mass is 32.1. The third-order valence-corrected chi connectivity index (χ3v) is 7.03. The average Bonchev–Trinajstić information content (AvgIpc) is 3.07. The van der Waals surface area contributed by atoms with Crippen LogP contribution in [0.2, 0.25) is 0 Å². The summed E-state index contributed by atoms with van der Waals surface area (Å²) in [6, 6.07) is 5.95. The highest BCUT2D eigenvalue weighted by Gasteiger charge is 2.67. The fourth-order valence-corrected chi connectivity index (χ4v) is 5.64. The predicted molar refractivity (Wildman–Crippen MR) is 107 cm³/mol. The highest BCUT2D eigenvalue weighted by molar-refractivity contribution is 7.80. The summed E-state index contributed by atoms with van der Waals surface area (Å²) in [5.41, 5.74) is 7.93. The van der Waals surface area contributed by atoms with Gasteiger partial charge in [-0.1, -0.05) is 6.07 Å². The standard InChI is InChI=1S/C20H27N3O3S/c1-25-10-9-23-17(24)20(22-18(23)27)16-11-14(21)4-3-13(16)12-19(20)7-5-15(26-2)6-8-19/h3-4,11,15H,5-10,12,21H2,1-2H3,(H,22,27). The lowest BCUT2D eigenvalue weighted by molar-refractivity contribution is -0.138. The molecule has 146 valence electrons. The molecule has 1 atom stereocenters. The van der Waals surface area contributed by atoms with Crippen LogP contribution in [-0.4, -0.2) is 49.4 Å². The summed E-state index contributed by atoms with van der Waals surface area (Å²) in [7, 11) is 3.40. The number of ether oxygens (including phenoxy) is 2. The first-order valence-corrected chi connectivity index (χ1v) is 9.93. The Morgan fingerprint density at radius 2 is 2.07 bits per heavy atom. The summed E-state index contributed by atoms with van der Waals surface area (Å²) in [5, 5.41) is 3.96. The van der Waals surface area contributed by atoms with Gasteiger partial charge in [-0.25, -0.2) is 0 Å². The van der Waals surface area contributed by atoms with Crippen molar-refractivity contribution in [3.8, 4) is 0 Å². The van der Waals surface area contributed by atoms with Crippen LogP contribution in [0.25, 0.3) is 0 Å². The van der Waals surface area contributed by atoms with Crippen LogP contribution in [0.4, 0.5) is 5.69 Å².